The summed E-state index contributed by atoms with van der Waals surface area (Å²) in [5.41, 5.74) is 1.44. The molecular formula is C19H28N4O2S. The Labute approximate surface area is 159 Å². The van der Waals surface area contributed by atoms with Crippen LogP contribution >= 0.6 is 11.3 Å². The zero-order chi connectivity index (χ0) is 18.5. The Kier molecular flexibility index (Phi) is 6.43. The minimum Gasteiger partial charge on any atom is -0.355 e. The smallest absolute Gasteiger partial charge is 0.226 e. The lowest BCUT2D eigenvalue weighted by atomic mass is 10.1. The first-order chi connectivity index (χ1) is 12.5. The van der Waals surface area contributed by atoms with Crippen molar-refractivity contribution in [3.05, 3.63) is 33.6 Å². The Morgan fingerprint density at radius 1 is 1.42 bits per heavy atom. The molecule has 6 nitrogen and oxygen atoms in total. The number of thiophene rings is 1. The Morgan fingerprint density at radius 2 is 2.27 bits per heavy atom. The van der Waals surface area contributed by atoms with E-state index in [0.717, 1.165) is 31.8 Å². The summed E-state index contributed by atoms with van der Waals surface area (Å²) in [6.07, 6.45) is 2.98. The van der Waals surface area contributed by atoms with Crippen LogP contribution in [0.4, 0.5) is 0 Å². The number of nitrogens with one attached hydrogen (secondary N) is 1. The monoisotopic (exact) mass is 376 g/mol. The third-order valence-corrected chi connectivity index (χ3v) is 5.87. The van der Waals surface area contributed by atoms with Gasteiger partial charge in [-0.1, -0.05) is 19.0 Å². The second kappa shape index (κ2) is 8.77. The van der Waals surface area contributed by atoms with E-state index in [-0.39, 0.29) is 11.8 Å². The molecule has 0 aromatic carbocycles. The molecule has 1 N–H and O–H groups in total. The fourth-order valence-electron chi connectivity index (χ4n) is 3.13. The molecular weight excluding hydrogens is 348 g/mol. The summed E-state index contributed by atoms with van der Waals surface area (Å²) in [4.78, 5) is 20.4. The number of aryl methyl sites for hydroxylation is 1. The number of rotatable bonds is 8. The van der Waals surface area contributed by atoms with E-state index in [0.29, 0.717) is 31.3 Å². The zero-order valence-electron chi connectivity index (χ0n) is 15.8. The fraction of sp³-hybridized carbons (Fsp3) is 0.632. The third kappa shape index (κ3) is 4.92. The number of carbonyl (C=O) groups is 1. The molecule has 0 radical (unpaired) electrons. The Morgan fingerprint density at radius 3 is 3.04 bits per heavy atom. The van der Waals surface area contributed by atoms with E-state index in [9.17, 15) is 4.79 Å². The predicted octanol–water partition coefficient (Wildman–Crippen LogP) is 3.14. The molecule has 0 aliphatic carbocycles. The van der Waals surface area contributed by atoms with E-state index >= 15 is 0 Å². The van der Waals surface area contributed by atoms with Crippen molar-refractivity contribution in [3.63, 3.8) is 0 Å². The second-order valence-electron chi connectivity index (χ2n) is 7.30. The summed E-state index contributed by atoms with van der Waals surface area (Å²) in [6.45, 7) is 9.00. The number of amides is 1. The van der Waals surface area contributed by atoms with Crippen molar-refractivity contribution in [1.29, 1.82) is 0 Å². The molecule has 1 aliphatic heterocycles. The lowest BCUT2D eigenvalue weighted by Gasteiger charge is -2.32. The van der Waals surface area contributed by atoms with Gasteiger partial charge in [0.15, 0.2) is 5.82 Å². The van der Waals surface area contributed by atoms with Crippen LogP contribution in [0.15, 0.2) is 16.0 Å². The van der Waals surface area contributed by atoms with Gasteiger partial charge in [-0.25, -0.2) is 0 Å². The molecule has 0 unspecified atom stereocenters. The highest BCUT2D eigenvalue weighted by Gasteiger charge is 2.21. The molecule has 0 bridgehead atoms. The Balaban J connectivity index is 1.34. The van der Waals surface area contributed by atoms with Crippen molar-refractivity contribution in [1.82, 2.24) is 20.4 Å². The Bertz CT molecular complexity index is 725. The molecule has 2 aromatic heterocycles. The molecule has 7 heteroatoms. The molecule has 1 amide bonds. The van der Waals surface area contributed by atoms with Crippen LogP contribution in [0.25, 0.3) is 0 Å². The van der Waals surface area contributed by atoms with Gasteiger partial charge < -0.3 is 9.84 Å². The number of hydrogen-bond acceptors (Lipinski definition) is 6. The van der Waals surface area contributed by atoms with Crippen LogP contribution in [0.5, 0.6) is 0 Å². The minimum atomic E-state index is 0.0914. The van der Waals surface area contributed by atoms with Crippen LogP contribution < -0.4 is 5.32 Å². The SMILES string of the molecule is CC(C)c1noc(CCCC(=O)NC[C@H](C)N2CCc3sccc3C2)n1. The summed E-state index contributed by atoms with van der Waals surface area (Å²) in [6, 6.07) is 2.57. The highest BCUT2D eigenvalue weighted by atomic mass is 32.1. The van der Waals surface area contributed by atoms with Crippen LogP contribution in [-0.4, -0.2) is 40.1 Å². The maximum Gasteiger partial charge on any atom is 0.226 e. The summed E-state index contributed by atoms with van der Waals surface area (Å²) >= 11 is 1.85. The second-order valence-corrected chi connectivity index (χ2v) is 8.30. The molecule has 1 aliphatic rings. The maximum atomic E-state index is 12.1. The minimum absolute atomic E-state index is 0.0914. The predicted molar refractivity (Wildman–Crippen MR) is 102 cm³/mol. The van der Waals surface area contributed by atoms with E-state index in [4.69, 9.17) is 4.52 Å². The normalized spacial score (nSPS) is 15.8. The van der Waals surface area contributed by atoms with Gasteiger partial charge in [0, 0.05) is 49.3 Å². The molecule has 3 rings (SSSR count). The average Bonchev–Trinajstić information content (AvgIpc) is 3.28. The van der Waals surface area contributed by atoms with Crippen LogP contribution in [0.2, 0.25) is 0 Å². The highest BCUT2D eigenvalue weighted by Crippen LogP contribution is 2.24. The van der Waals surface area contributed by atoms with Crippen LogP contribution in [-0.2, 0) is 24.2 Å². The standard InChI is InChI=1S/C19H28N4O2S/c1-13(2)19-21-18(25-22-19)6-4-5-17(24)20-11-14(3)23-9-7-16-15(12-23)8-10-26-16/h8,10,13-14H,4-7,9,11-12H2,1-3H3,(H,20,24)/t14-/m0/s1. The average molecular weight is 377 g/mol. The van der Waals surface area contributed by atoms with Crippen molar-refractivity contribution in [2.45, 2.75) is 65.0 Å². The van der Waals surface area contributed by atoms with Gasteiger partial charge in [-0.2, -0.15) is 4.98 Å². The van der Waals surface area contributed by atoms with E-state index in [1.165, 1.54) is 10.4 Å². The van der Waals surface area contributed by atoms with Crippen LogP contribution in [0.1, 0.15) is 61.7 Å². The summed E-state index contributed by atoms with van der Waals surface area (Å²) in [5, 5.41) is 9.18. The summed E-state index contributed by atoms with van der Waals surface area (Å²) < 4.78 is 5.21. The molecule has 0 saturated heterocycles. The van der Waals surface area contributed by atoms with Crippen molar-refractivity contribution >= 4 is 17.2 Å². The first-order valence-corrected chi connectivity index (χ1v) is 10.3. The molecule has 26 heavy (non-hydrogen) atoms. The van der Waals surface area contributed by atoms with Gasteiger partial charge in [0.05, 0.1) is 0 Å². The lowest BCUT2D eigenvalue weighted by Crippen LogP contribution is -2.44. The van der Waals surface area contributed by atoms with Crippen molar-refractivity contribution in [2.24, 2.45) is 0 Å². The Hall–Kier alpha value is -1.73. The van der Waals surface area contributed by atoms with Crippen molar-refractivity contribution in [3.8, 4) is 0 Å². The number of aromatic nitrogens is 2. The molecule has 0 spiro atoms. The first kappa shape index (κ1) is 19.0. The van der Waals surface area contributed by atoms with E-state index < -0.39 is 0 Å². The summed E-state index contributed by atoms with van der Waals surface area (Å²) in [7, 11) is 0. The van der Waals surface area contributed by atoms with Crippen molar-refractivity contribution in [2.75, 3.05) is 13.1 Å². The molecule has 142 valence electrons. The van der Waals surface area contributed by atoms with Gasteiger partial charge in [-0.3, -0.25) is 9.69 Å². The highest BCUT2D eigenvalue weighted by molar-refractivity contribution is 7.10. The van der Waals surface area contributed by atoms with E-state index in [2.05, 4.69) is 38.7 Å². The van der Waals surface area contributed by atoms with Gasteiger partial charge in [0.25, 0.3) is 0 Å². The lowest BCUT2D eigenvalue weighted by molar-refractivity contribution is -0.121. The van der Waals surface area contributed by atoms with Gasteiger partial charge in [-0.05, 0) is 36.8 Å². The van der Waals surface area contributed by atoms with Gasteiger partial charge >= 0.3 is 0 Å². The first-order valence-electron chi connectivity index (χ1n) is 9.41. The quantitative estimate of drug-likeness (QED) is 0.766. The van der Waals surface area contributed by atoms with E-state index in [1.54, 1.807) is 0 Å². The molecule has 2 aromatic rings. The fourth-order valence-corrected chi connectivity index (χ4v) is 4.02. The topological polar surface area (TPSA) is 71.3 Å². The van der Waals surface area contributed by atoms with Crippen molar-refractivity contribution < 1.29 is 9.32 Å². The molecule has 0 saturated carbocycles. The van der Waals surface area contributed by atoms with E-state index in [1.807, 2.05) is 25.2 Å². The summed E-state index contributed by atoms with van der Waals surface area (Å²) in [5.74, 6) is 1.70. The molecule has 1 atom stereocenters. The number of nitrogens with zero attached hydrogens (tertiary/aromatic N) is 3. The number of fused-ring (bicyclic) bond motifs is 1. The van der Waals surface area contributed by atoms with Gasteiger partial charge in [-0.15, -0.1) is 11.3 Å². The van der Waals surface area contributed by atoms with Gasteiger partial charge in [0.1, 0.15) is 0 Å². The number of hydrogen-bond donors (Lipinski definition) is 1. The van der Waals surface area contributed by atoms with Crippen LogP contribution in [0.3, 0.4) is 0 Å². The largest absolute Gasteiger partial charge is 0.355 e. The number of carbonyl (C=O) groups excluding carboxylic acids is 1. The third-order valence-electron chi connectivity index (χ3n) is 4.85. The van der Waals surface area contributed by atoms with Crippen LogP contribution in [0, 0.1) is 0 Å². The molecule has 3 heterocycles. The van der Waals surface area contributed by atoms with Gasteiger partial charge in [0.2, 0.25) is 11.8 Å². The maximum absolute atomic E-state index is 12.1. The zero-order valence-corrected chi connectivity index (χ0v) is 16.6. The molecule has 0 fully saturated rings.